The van der Waals surface area contributed by atoms with E-state index >= 15 is 0 Å². The molecule has 0 saturated heterocycles. The van der Waals surface area contributed by atoms with Crippen LogP contribution < -0.4 is 10.6 Å². The number of aryl methyl sites for hydroxylation is 1. The molecule has 0 aromatic carbocycles. The SMILES string of the molecule is C=CCNC(=NCCn1cnnc1CC)NC(C)CCCCC.I. The molecular formula is C17H33IN6. The van der Waals surface area contributed by atoms with Gasteiger partial charge in [-0.15, -0.1) is 40.8 Å². The predicted molar refractivity (Wildman–Crippen MR) is 112 cm³/mol. The fraction of sp³-hybridized carbons (Fsp3) is 0.706. The first-order valence-electron chi connectivity index (χ1n) is 8.73. The Morgan fingerprint density at radius 3 is 2.88 bits per heavy atom. The summed E-state index contributed by atoms with van der Waals surface area (Å²) in [6, 6.07) is 0.415. The summed E-state index contributed by atoms with van der Waals surface area (Å²) in [7, 11) is 0. The van der Waals surface area contributed by atoms with Crippen LogP contribution in [-0.2, 0) is 13.0 Å². The molecule has 1 rings (SSSR count). The Morgan fingerprint density at radius 1 is 1.42 bits per heavy atom. The second-order valence-electron chi connectivity index (χ2n) is 5.74. The van der Waals surface area contributed by atoms with Gasteiger partial charge in [-0.05, 0) is 13.3 Å². The molecule has 1 aromatic heterocycles. The third-order valence-corrected chi connectivity index (χ3v) is 3.66. The summed E-state index contributed by atoms with van der Waals surface area (Å²) >= 11 is 0. The molecule has 0 aliphatic heterocycles. The van der Waals surface area contributed by atoms with Crippen LogP contribution in [0.4, 0.5) is 0 Å². The second-order valence-corrected chi connectivity index (χ2v) is 5.74. The van der Waals surface area contributed by atoms with E-state index in [9.17, 15) is 0 Å². The Balaban J connectivity index is 0.00000529. The first-order valence-corrected chi connectivity index (χ1v) is 8.73. The van der Waals surface area contributed by atoms with Crippen molar-refractivity contribution in [1.29, 1.82) is 0 Å². The Morgan fingerprint density at radius 2 is 2.21 bits per heavy atom. The van der Waals surface area contributed by atoms with Gasteiger partial charge < -0.3 is 15.2 Å². The van der Waals surface area contributed by atoms with Crippen molar-refractivity contribution in [3.63, 3.8) is 0 Å². The van der Waals surface area contributed by atoms with Gasteiger partial charge in [-0.1, -0.05) is 39.2 Å². The molecule has 1 atom stereocenters. The quantitative estimate of drug-likeness (QED) is 0.180. The van der Waals surface area contributed by atoms with Crippen LogP contribution in [0.2, 0.25) is 0 Å². The highest BCUT2D eigenvalue weighted by Gasteiger charge is 2.05. The van der Waals surface area contributed by atoms with E-state index in [1.54, 1.807) is 6.33 Å². The highest BCUT2D eigenvalue weighted by atomic mass is 127. The Hall–Kier alpha value is -1.12. The number of hydrogen-bond acceptors (Lipinski definition) is 3. The van der Waals surface area contributed by atoms with Crippen LogP contribution >= 0.6 is 24.0 Å². The molecule has 0 bridgehead atoms. The number of halogens is 1. The van der Waals surface area contributed by atoms with Crippen molar-refractivity contribution < 1.29 is 0 Å². The van der Waals surface area contributed by atoms with Crippen LogP contribution in [0.25, 0.3) is 0 Å². The molecule has 0 amide bonds. The number of aromatic nitrogens is 3. The highest BCUT2D eigenvalue weighted by molar-refractivity contribution is 14.0. The molecule has 1 aromatic rings. The second kappa shape index (κ2) is 14.2. The lowest BCUT2D eigenvalue weighted by Crippen LogP contribution is -2.42. The lowest BCUT2D eigenvalue weighted by molar-refractivity contribution is 0.546. The van der Waals surface area contributed by atoms with E-state index in [1.165, 1.54) is 19.3 Å². The van der Waals surface area contributed by atoms with Crippen molar-refractivity contribution in [2.24, 2.45) is 4.99 Å². The molecule has 0 aliphatic carbocycles. The van der Waals surface area contributed by atoms with Gasteiger partial charge >= 0.3 is 0 Å². The van der Waals surface area contributed by atoms with Crippen LogP contribution in [0.5, 0.6) is 0 Å². The zero-order chi connectivity index (χ0) is 16.9. The maximum Gasteiger partial charge on any atom is 0.191 e. The van der Waals surface area contributed by atoms with E-state index in [2.05, 4.69) is 57.7 Å². The Kier molecular flexibility index (Phi) is 13.6. The minimum absolute atomic E-state index is 0. The fourth-order valence-electron chi connectivity index (χ4n) is 2.34. The molecule has 1 unspecified atom stereocenters. The molecule has 7 heteroatoms. The first-order chi connectivity index (χ1) is 11.2. The Bertz CT molecular complexity index is 471. The van der Waals surface area contributed by atoms with Gasteiger partial charge in [0.05, 0.1) is 6.54 Å². The van der Waals surface area contributed by atoms with Crippen molar-refractivity contribution in [3.8, 4) is 0 Å². The van der Waals surface area contributed by atoms with Gasteiger partial charge in [0, 0.05) is 25.6 Å². The minimum atomic E-state index is 0. The third kappa shape index (κ3) is 9.24. The van der Waals surface area contributed by atoms with Crippen molar-refractivity contribution >= 4 is 29.9 Å². The number of unbranched alkanes of at least 4 members (excludes halogenated alkanes) is 2. The molecule has 24 heavy (non-hydrogen) atoms. The van der Waals surface area contributed by atoms with Crippen molar-refractivity contribution in [2.45, 2.75) is 65.5 Å². The van der Waals surface area contributed by atoms with Gasteiger partial charge in [-0.25, -0.2) is 0 Å². The van der Waals surface area contributed by atoms with Crippen LogP contribution in [-0.4, -0.2) is 39.9 Å². The zero-order valence-electron chi connectivity index (χ0n) is 15.3. The number of nitrogens with zero attached hydrogens (tertiary/aromatic N) is 4. The minimum Gasteiger partial charge on any atom is -0.354 e. The van der Waals surface area contributed by atoms with E-state index in [0.717, 1.165) is 31.2 Å². The average molecular weight is 448 g/mol. The van der Waals surface area contributed by atoms with E-state index in [-0.39, 0.29) is 24.0 Å². The number of guanidine groups is 1. The Labute approximate surface area is 163 Å². The molecule has 0 aliphatic rings. The first kappa shape index (κ1) is 22.9. The van der Waals surface area contributed by atoms with Crippen LogP contribution in [0.1, 0.15) is 52.3 Å². The van der Waals surface area contributed by atoms with Crippen molar-refractivity contribution in [2.75, 3.05) is 13.1 Å². The fourth-order valence-corrected chi connectivity index (χ4v) is 2.34. The molecule has 0 radical (unpaired) electrons. The lowest BCUT2D eigenvalue weighted by atomic mass is 10.1. The summed E-state index contributed by atoms with van der Waals surface area (Å²) < 4.78 is 2.05. The van der Waals surface area contributed by atoms with Crippen LogP contribution in [0.3, 0.4) is 0 Å². The largest absolute Gasteiger partial charge is 0.354 e. The van der Waals surface area contributed by atoms with Crippen molar-refractivity contribution in [1.82, 2.24) is 25.4 Å². The van der Waals surface area contributed by atoms with Crippen molar-refractivity contribution in [3.05, 3.63) is 24.8 Å². The van der Waals surface area contributed by atoms with Gasteiger partial charge in [-0.3, -0.25) is 4.99 Å². The monoisotopic (exact) mass is 448 g/mol. The topological polar surface area (TPSA) is 67.1 Å². The number of rotatable bonds is 11. The van der Waals surface area contributed by atoms with Gasteiger partial charge in [0.15, 0.2) is 5.96 Å². The smallest absolute Gasteiger partial charge is 0.191 e. The van der Waals surface area contributed by atoms with Crippen LogP contribution in [0, 0.1) is 0 Å². The van der Waals surface area contributed by atoms with Gasteiger partial charge in [0.25, 0.3) is 0 Å². The maximum absolute atomic E-state index is 4.65. The maximum atomic E-state index is 4.65. The summed E-state index contributed by atoms with van der Waals surface area (Å²) in [5, 5.41) is 14.8. The van der Waals surface area contributed by atoms with Gasteiger partial charge in [-0.2, -0.15) is 0 Å². The molecule has 138 valence electrons. The van der Waals surface area contributed by atoms with Gasteiger partial charge in [0.2, 0.25) is 0 Å². The van der Waals surface area contributed by atoms with Gasteiger partial charge in [0.1, 0.15) is 12.2 Å². The highest BCUT2D eigenvalue weighted by Crippen LogP contribution is 2.02. The summed E-state index contributed by atoms with van der Waals surface area (Å²) in [5.41, 5.74) is 0. The molecule has 0 fully saturated rings. The predicted octanol–water partition coefficient (Wildman–Crippen LogP) is 3.15. The third-order valence-electron chi connectivity index (χ3n) is 3.66. The number of nitrogens with one attached hydrogen (secondary N) is 2. The summed E-state index contributed by atoms with van der Waals surface area (Å²) in [4.78, 5) is 4.65. The molecule has 0 spiro atoms. The van der Waals surface area contributed by atoms with E-state index in [0.29, 0.717) is 19.1 Å². The standard InChI is InChI=1S/C17H32N6.HI/c1-5-8-9-10-15(4)21-17(18-11-6-2)19-12-13-23-14-20-22-16(23)7-3;/h6,14-15H,2,5,7-13H2,1,3-4H3,(H2,18,19,21);1H. The molecular weight excluding hydrogens is 415 g/mol. The summed E-state index contributed by atoms with van der Waals surface area (Å²) in [6.07, 6.45) is 9.44. The number of aliphatic imine (C=N–C) groups is 1. The van der Waals surface area contributed by atoms with E-state index in [1.807, 2.05) is 6.08 Å². The summed E-state index contributed by atoms with van der Waals surface area (Å²) in [6.45, 7) is 12.5. The normalized spacial score (nSPS) is 12.4. The molecule has 6 nitrogen and oxygen atoms in total. The average Bonchev–Trinajstić information content (AvgIpc) is 3.00. The molecule has 2 N–H and O–H groups in total. The zero-order valence-corrected chi connectivity index (χ0v) is 17.6. The molecule has 1 heterocycles. The van der Waals surface area contributed by atoms with E-state index in [4.69, 9.17) is 0 Å². The van der Waals surface area contributed by atoms with Crippen LogP contribution in [0.15, 0.2) is 24.0 Å². The lowest BCUT2D eigenvalue weighted by Gasteiger charge is -2.18. The number of hydrogen-bond donors (Lipinski definition) is 2. The summed E-state index contributed by atoms with van der Waals surface area (Å²) in [5.74, 6) is 1.85. The molecule has 0 saturated carbocycles. The van der Waals surface area contributed by atoms with E-state index < -0.39 is 0 Å².